The number of benzene rings is 7. The topological polar surface area (TPSA) is 41.5 Å². The van der Waals surface area contributed by atoms with Crippen molar-refractivity contribution in [2.24, 2.45) is 5.10 Å². The Bertz CT molecular complexity index is 1980. The van der Waals surface area contributed by atoms with Gasteiger partial charge in [0.1, 0.15) is 0 Å². The lowest BCUT2D eigenvalue weighted by Gasteiger charge is -2.19. The number of amides is 1. The third-order valence-electron chi connectivity index (χ3n) is 8.05. The molecular formula is C39H31N2OP. The maximum atomic E-state index is 12.6. The maximum absolute atomic E-state index is 12.6. The van der Waals surface area contributed by atoms with E-state index in [1.165, 1.54) is 53.8 Å². The molecule has 0 saturated heterocycles. The normalized spacial score (nSPS) is 11.7. The van der Waals surface area contributed by atoms with Gasteiger partial charge in [-0.2, -0.15) is 5.10 Å². The molecule has 1 amide bonds. The summed E-state index contributed by atoms with van der Waals surface area (Å²) in [7, 11) is -0.646. The summed E-state index contributed by atoms with van der Waals surface area (Å²) in [5, 5.41) is 15.9. The quantitative estimate of drug-likeness (QED) is 0.0812. The Labute approximate surface area is 253 Å². The summed E-state index contributed by atoms with van der Waals surface area (Å²) >= 11 is 0. The minimum absolute atomic E-state index is 0.0674. The largest absolute Gasteiger partial charge is 0.273 e. The zero-order valence-corrected chi connectivity index (χ0v) is 24.7. The molecule has 43 heavy (non-hydrogen) atoms. The van der Waals surface area contributed by atoms with E-state index in [1.54, 1.807) is 6.21 Å². The molecule has 0 aromatic heterocycles. The Kier molecular flexibility index (Phi) is 7.65. The predicted molar refractivity (Wildman–Crippen MR) is 184 cm³/mol. The Balaban J connectivity index is 0.984. The molecule has 7 aromatic carbocycles. The molecule has 3 nitrogen and oxygen atoms in total. The molecule has 208 valence electrons. The van der Waals surface area contributed by atoms with Crippen LogP contribution in [0.5, 0.6) is 0 Å². The van der Waals surface area contributed by atoms with E-state index in [2.05, 4.69) is 150 Å². The van der Waals surface area contributed by atoms with Crippen LogP contribution in [0.15, 0.2) is 145 Å². The van der Waals surface area contributed by atoms with Crippen LogP contribution in [0, 0.1) is 0 Å². The van der Waals surface area contributed by atoms with Gasteiger partial charge < -0.3 is 0 Å². The van der Waals surface area contributed by atoms with Crippen molar-refractivity contribution in [3.8, 4) is 0 Å². The monoisotopic (exact) mass is 574 g/mol. The van der Waals surface area contributed by atoms with Crippen LogP contribution in [-0.4, -0.2) is 12.1 Å². The Hall–Kier alpha value is -4.85. The molecule has 7 rings (SSSR count). The molecule has 7 aromatic rings. The second kappa shape index (κ2) is 12.2. The van der Waals surface area contributed by atoms with Gasteiger partial charge in [0.05, 0.1) is 6.21 Å². The Morgan fingerprint density at radius 2 is 1.19 bits per heavy atom. The first kappa shape index (κ1) is 27.0. The minimum atomic E-state index is -0.646. The number of aryl methyl sites for hydroxylation is 1. The molecule has 0 saturated carbocycles. The van der Waals surface area contributed by atoms with E-state index in [9.17, 15) is 4.79 Å². The van der Waals surface area contributed by atoms with Gasteiger partial charge in [0, 0.05) is 6.42 Å². The van der Waals surface area contributed by atoms with Crippen LogP contribution in [0.1, 0.15) is 24.0 Å². The highest BCUT2D eigenvalue weighted by Crippen LogP contribution is 2.36. The van der Waals surface area contributed by atoms with Gasteiger partial charge in [-0.15, -0.1) is 0 Å². The molecular weight excluding hydrogens is 543 g/mol. The van der Waals surface area contributed by atoms with Gasteiger partial charge in [0.25, 0.3) is 0 Å². The first-order valence-corrected chi connectivity index (χ1v) is 16.1. The van der Waals surface area contributed by atoms with E-state index in [1.807, 2.05) is 0 Å². The summed E-state index contributed by atoms with van der Waals surface area (Å²) in [6, 6.07) is 49.6. The second-order valence-electron chi connectivity index (χ2n) is 10.8. The van der Waals surface area contributed by atoms with Gasteiger partial charge in [-0.05, 0) is 80.1 Å². The van der Waals surface area contributed by atoms with E-state index < -0.39 is 7.92 Å². The number of nitrogens with one attached hydrogen (secondary N) is 1. The van der Waals surface area contributed by atoms with Crippen LogP contribution in [0.4, 0.5) is 0 Å². The summed E-state index contributed by atoms with van der Waals surface area (Å²) < 4.78 is 0. The molecule has 0 aliphatic carbocycles. The van der Waals surface area contributed by atoms with Crippen molar-refractivity contribution in [3.05, 3.63) is 151 Å². The maximum Gasteiger partial charge on any atom is 0.240 e. The first-order valence-electron chi connectivity index (χ1n) is 14.7. The molecule has 4 heteroatoms. The van der Waals surface area contributed by atoms with Crippen molar-refractivity contribution < 1.29 is 4.79 Å². The molecule has 0 bridgehead atoms. The lowest BCUT2D eigenvalue weighted by atomic mass is 9.90. The lowest BCUT2D eigenvalue weighted by Crippen LogP contribution is -2.20. The fourth-order valence-corrected chi connectivity index (χ4v) is 8.28. The second-order valence-corrected chi connectivity index (χ2v) is 13.0. The zero-order chi connectivity index (χ0) is 29.0. The van der Waals surface area contributed by atoms with Crippen LogP contribution < -0.4 is 21.3 Å². The number of nitrogens with zero attached hydrogens (tertiary/aromatic N) is 1. The summed E-state index contributed by atoms with van der Waals surface area (Å²) in [4.78, 5) is 12.6. The van der Waals surface area contributed by atoms with E-state index in [0.717, 1.165) is 18.4 Å². The van der Waals surface area contributed by atoms with Gasteiger partial charge >= 0.3 is 0 Å². The lowest BCUT2D eigenvalue weighted by molar-refractivity contribution is -0.121. The summed E-state index contributed by atoms with van der Waals surface area (Å²) in [5.74, 6) is -0.0674. The van der Waals surface area contributed by atoms with Gasteiger partial charge in [-0.1, -0.05) is 140 Å². The average molecular weight is 575 g/mol. The van der Waals surface area contributed by atoms with E-state index >= 15 is 0 Å². The highest BCUT2D eigenvalue weighted by atomic mass is 31.1. The first-order chi connectivity index (χ1) is 21.2. The highest BCUT2D eigenvalue weighted by molar-refractivity contribution is 7.79. The van der Waals surface area contributed by atoms with Crippen LogP contribution in [0.3, 0.4) is 0 Å². The minimum Gasteiger partial charge on any atom is -0.273 e. The molecule has 1 N–H and O–H groups in total. The van der Waals surface area contributed by atoms with Crippen LogP contribution in [-0.2, 0) is 11.2 Å². The van der Waals surface area contributed by atoms with Crippen molar-refractivity contribution in [3.63, 3.8) is 0 Å². The smallest absolute Gasteiger partial charge is 0.240 e. The van der Waals surface area contributed by atoms with Crippen LogP contribution in [0.2, 0.25) is 0 Å². The molecule has 0 unspecified atom stereocenters. The molecule has 0 fully saturated rings. The number of hydrogen-bond donors (Lipinski definition) is 1. The van der Waals surface area contributed by atoms with E-state index in [4.69, 9.17) is 0 Å². The molecule has 0 heterocycles. The van der Waals surface area contributed by atoms with Crippen molar-refractivity contribution in [2.45, 2.75) is 19.3 Å². The number of hydrazone groups is 1. The standard InChI is InChI=1S/C39H31N2OP/c42-37(16-8-9-29-19-20-32-22-21-30-10-7-11-31-23-26-36(29)39(32)38(30)31)41-40-27-28-17-24-35(25-18-28)43(33-12-3-1-4-13-33)34-14-5-2-6-15-34/h1-7,10-15,17-27H,8-9,16H2,(H,41,42)/b40-27+. The van der Waals surface area contributed by atoms with Gasteiger partial charge in [0.15, 0.2) is 0 Å². The molecule has 0 aliphatic heterocycles. The fourth-order valence-electron chi connectivity index (χ4n) is 6.00. The van der Waals surface area contributed by atoms with Gasteiger partial charge in [-0.25, -0.2) is 5.43 Å². The number of carbonyl (C=O) groups excluding carboxylic acids is 1. The molecule has 0 atom stereocenters. The number of hydrogen-bond acceptors (Lipinski definition) is 2. The van der Waals surface area contributed by atoms with Crippen molar-refractivity contribution in [1.29, 1.82) is 0 Å². The third kappa shape index (κ3) is 5.65. The fraction of sp³-hybridized carbons (Fsp3) is 0.0769. The van der Waals surface area contributed by atoms with Crippen molar-refractivity contribution in [2.75, 3.05) is 0 Å². The van der Waals surface area contributed by atoms with Crippen LogP contribution >= 0.6 is 7.92 Å². The molecule has 0 aliphatic rings. The average Bonchev–Trinajstić information content (AvgIpc) is 3.06. The summed E-state index contributed by atoms with van der Waals surface area (Å²) in [6.45, 7) is 0. The SMILES string of the molecule is O=C(CCCc1ccc2ccc3cccc4ccc1c2c34)N/N=C/c1ccc(P(c2ccccc2)c2ccccc2)cc1. The molecule has 0 radical (unpaired) electrons. The third-order valence-corrected chi connectivity index (χ3v) is 10.5. The number of rotatable bonds is 9. The van der Waals surface area contributed by atoms with Gasteiger partial charge in [0.2, 0.25) is 5.91 Å². The van der Waals surface area contributed by atoms with Gasteiger partial charge in [-0.3, -0.25) is 4.79 Å². The van der Waals surface area contributed by atoms with E-state index in [-0.39, 0.29) is 5.91 Å². The van der Waals surface area contributed by atoms with Crippen LogP contribution in [0.25, 0.3) is 32.3 Å². The number of carbonyl (C=O) groups is 1. The zero-order valence-electron chi connectivity index (χ0n) is 23.8. The highest BCUT2D eigenvalue weighted by Gasteiger charge is 2.16. The predicted octanol–water partition coefficient (Wildman–Crippen LogP) is 7.82. The summed E-state index contributed by atoms with van der Waals surface area (Å²) in [5.41, 5.74) is 4.96. The summed E-state index contributed by atoms with van der Waals surface area (Å²) in [6.07, 6.45) is 3.76. The van der Waals surface area contributed by atoms with Crippen molar-refractivity contribution >= 4 is 68.3 Å². The Morgan fingerprint density at radius 3 is 1.86 bits per heavy atom. The molecule has 0 spiro atoms. The Morgan fingerprint density at radius 1 is 0.605 bits per heavy atom. The van der Waals surface area contributed by atoms with Crippen molar-refractivity contribution in [1.82, 2.24) is 5.43 Å². The van der Waals surface area contributed by atoms with E-state index in [0.29, 0.717) is 6.42 Å².